The molecule has 0 unspecified atom stereocenters. The lowest BCUT2D eigenvalue weighted by Crippen LogP contribution is -2.15. The van der Waals surface area contributed by atoms with Crippen molar-refractivity contribution in [3.8, 4) is 5.75 Å². The van der Waals surface area contributed by atoms with Gasteiger partial charge in [0.2, 0.25) is 0 Å². The number of ether oxygens (including phenoxy) is 1. The largest absolute Gasteiger partial charge is 0.492 e. The summed E-state index contributed by atoms with van der Waals surface area (Å²) in [6.45, 7) is 7.50. The molecule has 1 aromatic carbocycles. The molecule has 3 heteroatoms. The Labute approximate surface area is 118 Å². The van der Waals surface area contributed by atoms with E-state index in [4.69, 9.17) is 4.74 Å². The predicted molar refractivity (Wildman–Crippen MR) is 79.3 cm³/mol. The zero-order chi connectivity index (χ0) is 13.0. The van der Waals surface area contributed by atoms with Gasteiger partial charge in [-0.05, 0) is 58.9 Å². The van der Waals surface area contributed by atoms with Gasteiger partial charge < -0.3 is 10.1 Å². The van der Waals surface area contributed by atoms with E-state index in [0.717, 1.165) is 29.9 Å². The lowest BCUT2D eigenvalue weighted by Gasteiger charge is -2.15. The summed E-state index contributed by atoms with van der Waals surface area (Å²) >= 11 is 3.61. The van der Waals surface area contributed by atoms with Crippen LogP contribution >= 0.6 is 15.9 Å². The van der Waals surface area contributed by atoms with Crippen molar-refractivity contribution in [2.24, 2.45) is 5.92 Å². The van der Waals surface area contributed by atoms with E-state index in [1.54, 1.807) is 0 Å². The van der Waals surface area contributed by atoms with Crippen LogP contribution in [0.3, 0.4) is 0 Å². The van der Waals surface area contributed by atoms with Gasteiger partial charge in [0.1, 0.15) is 5.75 Å². The summed E-state index contributed by atoms with van der Waals surface area (Å²) in [5.41, 5.74) is 1.37. The van der Waals surface area contributed by atoms with Crippen molar-refractivity contribution in [1.82, 2.24) is 5.32 Å². The Kier molecular flexibility index (Phi) is 5.07. The zero-order valence-electron chi connectivity index (χ0n) is 11.2. The first-order valence-corrected chi connectivity index (χ1v) is 7.63. The van der Waals surface area contributed by atoms with Crippen LogP contribution in [0, 0.1) is 5.92 Å². The topological polar surface area (TPSA) is 21.3 Å². The van der Waals surface area contributed by atoms with Gasteiger partial charge in [-0.15, -0.1) is 0 Å². The van der Waals surface area contributed by atoms with Crippen molar-refractivity contribution in [1.29, 1.82) is 0 Å². The van der Waals surface area contributed by atoms with Gasteiger partial charge in [-0.1, -0.05) is 19.9 Å². The Balaban J connectivity index is 1.96. The minimum atomic E-state index is 0.606. The number of hydrogen-bond acceptors (Lipinski definition) is 2. The van der Waals surface area contributed by atoms with E-state index in [0.29, 0.717) is 11.8 Å². The van der Waals surface area contributed by atoms with Gasteiger partial charge in [-0.3, -0.25) is 0 Å². The molecule has 0 amide bonds. The van der Waals surface area contributed by atoms with E-state index in [2.05, 4.69) is 53.3 Å². The molecular weight excluding hydrogens is 290 g/mol. The number of hydrogen-bond donors (Lipinski definition) is 1. The van der Waals surface area contributed by atoms with E-state index < -0.39 is 0 Å². The zero-order valence-corrected chi connectivity index (χ0v) is 12.8. The quantitative estimate of drug-likeness (QED) is 0.889. The third kappa shape index (κ3) is 3.48. The van der Waals surface area contributed by atoms with Crippen LogP contribution in [0.15, 0.2) is 22.7 Å². The molecule has 1 aliphatic rings. The molecule has 0 bridgehead atoms. The fourth-order valence-corrected chi connectivity index (χ4v) is 2.75. The Morgan fingerprint density at radius 2 is 2.33 bits per heavy atom. The fraction of sp³-hybridized carbons (Fsp3) is 0.600. The van der Waals surface area contributed by atoms with Crippen molar-refractivity contribution in [2.75, 3.05) is 19.7 Å². The maximum Gasteiger partial charge on any atom is 0.133 e. The summed E-state index contributed by atoms with van der Waals surface area (Å²) in [4.78, 5) is 0. The van der Waals surface area contributed by atoms with Crippen molar-refractivity contribution in [2.45, 2.75) is 32.6 Å². The number of halogens is 1. The minimum Gasteiger partial charge on any atom is -0.492 e. The standard InChI is InChI=1S/C15H22BrNO/c1-3-11(2)13-4-5-15(14(16)8-13)18-10-12-6-7-17-9-12/h4-5,8,11-12,17H,3,6-7,9-10H2,1-2H3/t11-,12+/m1/s1. The Morgan fingerprint density at radius 1 is 1.50 bits per heavy atom. The second kappa shape index (κ2) is 6.58. The monoisotopic (exact) mass is 311 g/mol. The van der Waals surface area contributed by atoms with Crippen LogP contribution < -0.4 is 10.1 Å². The van der Waals surface area contributed by atoms with Crippen molar-refractivity contribution in [3.63, 3.8) is 0 Å². The lowest BCUT2D eigenvalue weighted by molar-refractivity contribution is 0.258. The summed E-state index contributed by atoms with van der Waals surface area (Å²) in [7, 11) is 0. The van der Waals surface area contributed by atoms with E-state index in [1.807, 2.05) is 0 Å². The fourth-order valence-electron chi connectivity index (χ4n) is 2.24. The highest BCUT2D eigenvalue weighted by Crippen LogP contribution is 2.30. The lowest BCUT2D eigenvalue weighted by atomic mass is 9.99. The molecule has 2 atom stereocenters. The van der Waals surface area contributed by atoms with Crippen LogP contribution in [0.5, 0.6) is 5.75 Å². The van der Waals surface area contributed by atoms with Gasteiger partial charge in [-0.2, -0.15) is 0 Å². The molecule has 1 aliphatic heterocycles. The van der Waals surface area contributed by atoms with E-state index in [1.165, 1.54) is 18.4 Å². The maximum absolute atomic E-state index is 5.90. The van der Waals surface area contributed by atoms with Crippen LogP contribution in [0.4, 0.5) is 0 Å². The van der Waals surface area contributed by atoms with Crippen molar-refractivity contribution < 1.29 is 4.74 Å². The smallest absolute Gasteiger partial charge is 0.133 e. The third-order valence-corrected chi connectivity index (χ3v) is 4.39. The molecule has 0 saturated carbocycles. The molecule has 1 N–H and O–H groups in total. The number of benzene rings is 1. The maximum atomic E-state index is 5.90. The molecule has 0 aliphatic carbocycles. The molecule has 1 aromatic rings. The minimum absolute atomic E-state index is 0.606. The summed E-state index contributed by atoms with van der Waals surface area (Å²) in [6.07, 6.45) is 2.39. The third-order valence-electron chi connectivity index (χ3n) is 3.77. The highest BCUT2D eigenvalue weighted by molar-refractivity contribution is 9.10. The highest BCUT2D eigenvalue weighted by Gasteiger charge is 2.15. The average Bonchev–Trinajstić information content (AvgIpc) is 2.89. The van der Waals surface area contributed by atoms with Crippen LogP contribution in [0.2, 0.25) is 0 Å². The average molecular weight is 312 g/mol. The molecule has 2 nitrogen and oxygen atoms in total. The first kappa shape index (κ1) is 13.9. The van der Waals surface area contributed by atoms with Gasteiger partial charge in [0.25, 0.3) is 0 Å². The SMILES string of the molecule is CC[C@@H](C)c1ccc(OC[C@H]2CCNC2)c(Br)c1. The van der Waals surface area contributed by atoms with Gasteiger partial charge in [0.05, 0.1) is 11.1 Å². The summed E-state index contributed by atoms with van der Waals surface area (Å²) in [5, 5.41) is 3.36. The molecule has 1 fully saturated rings. The molecular formula is C15H22BrNO. The van der Waals surface area contributed by atoms with Gasteiger partial charge in [0.15, 0.2) is 0 Å². The number of nitrogens with one attached hydrogen (secondary N) is 1. The Bertz CT molecular complexity index is 388. The van der Waals surface area contributed by atoms with Crippen LogP contribution in [0.25, 0.3) is 0 Å². The van der Waals surface area contributed by atoms with Gasteiger partial charge in [-0.25, -0.2) is 0 Å². The molecule has 18 heavy (non-hydrogen) atoms. The number of rotatable bonds is 5. The molecule has 0 aromatic heterocycles. The second-order valence-electron chi connectivity index (χ2n) is 5.17. The van der Waals surface area contributed by atoms with E-state index in [9.17, 15) is 0 Å². The van der Waals surface area contributed by atoms with Gasteiger partial charge >= 0.3 is 0 Å². The Morgan fingerprint density at radius 3 is 2.94 bits per heavy atom. The highest BCUT2D eigenvalue weighted by atomic mass is 79.9. The summed E-state index contributed by atoms with van der Waals surface area (Å²) < 4.78 is 6.98. The van der Waals surface area contributed by atoms with Crippen LogP contribution in [-0.2, 0) is 0 Å². The molecule has 0 spiro atoms. The predicted octanol–water partition coefficient (Wildman–Crippen LogP) is 3.95. The first-order chi connectivity index (χ1) is 8.70. The molecule has 0 radical (unpaired) electrons. The molecule has 1 saturated heterocycles. The molecule has 100 valence electrons. The van der Waals surface area contributed by atoms with Crippen LogP contribution in [0.1, 0.15) is 38.2 Å². The molecule has 1 heterocycles. The summed E-state index contributed by atoms with van der Waals surface area (Å²) in [5.74, 6) is 2.23. The summed E-state index contributed by atoms with van der Waals surface area (Å²) in [6, 6.07) is 6.46. The van der Waals surface area contributed by atoms with Gasteiger partial charge in [0, 0.05) is 12.5 Å². The van der Waals surface area contributed by atoms with E-state index >= 15 is 0 Å². The van der Waals surface area contributed by atoms with Crippen molar-refractivity contribution in [3.05, 3.63) is 28.2 Å². The first-order valence-electron chi connectivity index (χ1n) is 6.83. The van der Waals surface area contributed by atoms with Crippen LogP contribution in [-0.4, -0.2) is 19.7 Å². The second-order valence-corrected chi connectivity index (χ2v) is 6.02. The normalized spacial score (nSPS) is 20.9. The van der Waals surface area contributed by atoms with E-state index in [-0.39, 0.29) is 0 Å². The Hall–Kier alpha value is -0.540. The van der Waals surface area contributed by atoms with Crippen molar-refractivity contribution >= 4 is 15.9 Å². The molecule has 2 rings (SSSR count).